The van der Waals surface area contributed by atoms with Gasteiger partial charge in [0.25, 0.3) is 0 Å². The number of hydrogen-bond donors (Lipinski definition) is 0. The van der Waals surface area contributed by atoms with Gasteiger partial charge in [0.05, 0.1) is 0 Å². The Balaban J connectivity index is 2.03. The van der Waals surface area contributed by atoms with Crippen LogP contribution in [0.3, 0.4) is 0 Å². The van der Waals surface area contributed by atoms with Crippen LogP contribution in [0.25, 0.3) is 39.4 Å². The Morgan fingerprint density at radius 1 is 0.905 bits per heavy atom. The molecule has 4 rings (SSSR count). The van der Waals surface area contributed by atoms with Gasteiger partial charge in [-0.05, 0) is 23.1 Å². The smallest absolute Gasteiger partial charge is 0.227 e. The van der Waals surface area contributed by atoms with E-state index in [0.29, 0.717) is 5.89 Å². The lowest BCUT2D eigenvalue weighted by Gasteiger charge is -1.99. The van der Waals surface area contributed by atoms with E-state index in [2.05, 4.69) is 24.8 Å². The van der Waals surface area contributed by atoms with Crippen LogP contribution in [0.2, 0.25) is 0 Å². The predicted octanol–water partition coefficient (Wildman–Crippen LogP) is 5.29. The molecule has 1 heterocycles. The molecule has 2 heteroatoms. The van der Waals surface area contributed by atoms with Gasteiger partial charge in [-0.3, -0.25) is 0 Å². The molecule has 4 aromatic rings. The van der Waals surface area contributed by atoms with Crippen LogP contribution < -0.4 is 0 Å². The third-order valence-corrected chi connectivity index (χ3v) is 3.69. The summed E-state index contributed by atoms with van der Waals surface area (Å²) in [6.45, 7) is 3.85. The molecule has 0 radical (unpaired) electrons. The molecule has 100 valence electrons. The highest BCUT2D eigenvalue weighted by Crippen LogP contribution is 2.31. The zero-order valence-electron chi connectivity index (χ0n) is 11.4. The van der Waals surface area contributed by atoms with Crippen LogP contribution >= 0.6 is 0 Å². The maximum Gasteiger partial charge on any atom is 0.227 e. The zero-order valence-corrected chi connectivity index (χ0v) is 11.4. The highest BCUT2D eigenvalue weighted by Gasteiger charge is 2.12. The summed E-state index contributed by atoms with van der Waals surface area (Å²) in [4.78, 5) is 4.71. The van der Waals surface area contributed by atoms with Gasteiger partial charge in [0.1, 0.15) is 5.52 Å². The number of fused-ring (bicyclic) bond motifs is 3. The van der Waals surface area contributed by atoms with Crippen molar-refractivity contribution >= 4 is 27.9 Å². The summed E-state index contributed by atoms with van der Waals surface area (Å²) in [6.07, 6.45) is 1.82. The van der Waals surface area contributed by atoms with Gasteiger partial charge in [0.2, 0.25) is 5.89 Å². The molecule has 0 amide bonds. The van der Waals surface area contributed by atoms with Gasteiger partial charge in [0, 0.05) is 10.9 Å². The fourth-order valence-corrected chi connectivity index (χ4v) is 2.65. The van der Waals surface area contributed by atoms with Crippen molar-refractivity contribution in [1.82, 2.24) is 4.98 Å². The van der Waals surface area contributed by atoms with Gasteiger partial charge in [-0.25, -0.2) is 4.98 Å². The summed E-state index contributed by atoms with van der Waals surface area (Å²) in [5, 5.41) is 2.28. The number of nitrogens with zero attached hydrogens (tertiary/aromatic N) is 1. The van der Waals surface area contributed by atoms with Crippen LogP contribution in [-0.2, 0) is 0 Å². The van der Waals surface area contributed by atoms with Gasteiger partial charge in [0.15, 0.2) is 5.58 Å². The van der Waals surface area contributed by atoms with Crippen LogP contribution in [-0.4, -0.2) is 4.98 Å². The van der Waals surface area contributed by atoms with Crippen molar-refractivity contribution < 1.29 is 4.42 Å². The fourth-order valence-electron chi connectivity index (χ4n) is 2.65. The maximum atomic E-state index is 5.95. The Morgan fingerprint density at radius 2 is 1.71 bits per heavy atom. The summed E-state index contributed by atoms with van der Waals surface area (Å²) in [7, 11) is 0. The molecule has 0 atom stereocenters. The molecule has 0 unspecified atom stereocenters. The van der Waals surface area contributed by atoms with E-state index < -0.39 is 0 Å². The van der Waals surface area contributed by atoms with E-state index in [1.165, 1.54) is 5.39 Å². The van der Waals surface area contributed by atoms with Gasteiger partial charge >= 0.3 is 0 Å². The van der Waals surface area contributed by atoms with Crippen molar-refractivity contribution in [1.29, 1.82) is 0 Å². The number of oxazole rings is 1. The molecule has 21 heavy (non-hydrogen) atoms. The average molecular weight is 271 g/mol. The van der Waals surface area contributed by atoms with Gasteiger partial charge in [-0.15, -0.1) is 0 Å². The SMILES string of the molecule is C=Cc1ccccc1-c1nc2c(ccc3ccccc32)o1. The number of rotatable bonds is 2. The molecule has 2 nitrogen and oxygen atoms in total. The minimum absolute atomic E-state index is 0.636. The topological polar surface area (TPSA) is 26.0 Å². The third-order valence-electron chi connectivity index (χ3n) is 3.69. The quantitative estimate of drug-likeness (QED) is 0.495. The van der Waals surface area contributed by atoms with Crippen LogP contribution in [0.1, 0.15) is 5.56 Å². The molecule has 0 aliphatic heterocycles. The lowest BCUT2D eigenvalue weighted by molar-refractivity contribution is 0.620. The van der Waals surface area contributed by atoms with E-state index in [1.54, 1.807) is 0 Å². The molecule has 3 aromatic carbocycles. The second-order valence-electron chi connectivity index (χ2n) is 4.94. The van der Waals surface area contributed by atoms with Crippen molar-refractivity contribution in [2.45, 2.75) is 0 Å². The van der Waals surface area contributed by atoms with Crippen molar-refractivity contribution in [3.63, 3.8) is 0 Å². The van der Waals surface area contributed by atoms with Gasteiger partial charge in [-0.1, -0.05) is 61.2 Å². The molecule has 0 saturated heterocycles. The van der Waals surface area contributed by atoms with E-state index in [9.17, 15) is 0 Å². The minimum atomic E-state index is 0.636. The third kappa shape index (κ3) is 1.84. The summed E-state index contributed by atoms with van der Waals surface area (Å²) in [5.41, 5.74) is 3.70. The molecular weight excluding hydrogens is 258 g/mol. The van der Waals surface area contributed by atoms with Crippen LogP contribution in [0.15, 0.2) is 71.7 Å². The molecular formula is C19H13NO. The summed E-state index contributed by atoms with van der Waals surface area (Å²) in [5.74, 6) is 0.636. The van der Waals surface area contributed by atoms with Crippen molar-refractivity contribution in [3.8, 4) is 11.5 Å². The maximum absolute atomic E-state index is 5.95. The summed E-state index contributed by atoms with van der Waals surface area (Å²) >= 11 is 0. The normalized spacial score (nSPS) is 11.0. The van der Waals surface area contributed by atoms with Crippen molar-refractivity contribution in [2.24, 2.45) is 0 Å². The highest BCUT2D eigenvalue weighted by atomic mass is 16.3. The molecule has 0 bridgehead atoms. The Labute approximate surface area is 122 Å². The Kier molecular flexibility index (Phi) is 2.61. The van der Waals surface area contributed by atoms with Crippen LogP contribution in [0.4, 0.5) is 0 Å². The van der Waals surface area contributed by atoms with E-state index in [0.717, 1.165) is 27.6 Å². The summed E-state index contributed by atoms with van der Waals surface area (Å²) in [6, 6.07) is 20.2. The van der Waals surface area contributed by atoms with E-state index in [4.69, 9.17) is 9.40 Å². The number of aromatic nitrogens is 1. The van der Waals surface area contributed by atoms with E-state index in [1.807, 2.05) is 48.5 Å². The first-order valence-electron chi connectivity index (χ1n) is 6.87. The molecule has 1 aromatic heterocycles. The lowest BCUT2D eigenvalue weighted by Crippen LogP contribution is -1.82. The number of benzene rings is 3. The first-order valence-corrected chi connectivity index (χ1v) is 6.87. The van der Waals surface area contributed by atoms with Crippen LogP contribution in [0, 0.1) is 0 Å². The molecule has 0 aliphatic carbocycles. The molecule has 0 saturated carbocycles. The average Bonchev–Trinajstić information content (AvgIpc) is 2.99. The first kappa shape index (κ1) is 11.9. The molecule has 0 spiro atoms. The van der Waals surface area contributed by atoms with E-state index in [-0.39, 0.29) is 0 Å². The van der Waals surface area contributed by atoms with Crippen molar-refractivity contribution in [3.05, 3.63) is 72.8 Å². The first-order chi connectivity index (χ1) is 10.4. The highest BCUT2D eigenvalue weighted by molar-refractivity contribution is 6.04. The van der Waals surface area contributed by atoms with Gasteiger partial charge < -0.3 is 4.42 Å². The largest absolute Gasteiger partial charge is 0.436 e. The fraction of sp³-hybridized carbons (Fsp3) is 0. The number of hydrogen-bond acceptors (Lipinski definition) is 2. The van der Waals surface area contributed by atoms with Gasteiger partial charge in [-0.2, -0.15) is 0 Å². The molecule has 0 N–H and O–H groups in total. The standard InChI is InChI=1S/C19H13NO/c1-2-13-7-3-6-10-16(13)19-20-18-15-9-5-4-8-14(15)11-12-17(18)21-19/h2-12H,1H2. The summed E-state index contributed by atoms with van der Waals surface area (Å²) < 4.78 is 5.95. The Hall–Kier alpha value is -2.87. The second-order valence-corrected chi connectivity index (χ2v) is 4.94. The molecule has 0 aliphatic rings. The zero-order chi connectivity index (χ0) is 14.2. The molecule has 0 fully saturated rings. The second kappa shape index (κ2) is 4.60. The minimum Gasteiger partial charge on any atom is -0.436 e. The Morgan fingerprint density at radius 3 is 2.62 bits per heavy atom. The lowest BCUT2D eigenvalue weighted by atomic mass is 10.1. The van der Waals surface area contributed by atoms with E-state index >= 15 is 0 Å². The predicted molar refractivity (Wildman–Crippen MR) is 87.0 cm³/mol. The monoisotopic (exact) mass is 271 g/mol. The Bertz CT molecular complexity index is 966. The van der Waals surface area contributed by atoms with Crippen molar-refractivity contribution in [2.75, 3.05) is 0 Å². The van der Waals surface area contributed by atoms with Crippen LogP contribution in [0.5, 0.6) is 0 Å².